The molecule has 0 bridgehead atoms. The van der Waals surface area contributed by atoms with Gasteiger partial charge in [-0.15, -0.1) is 0 Å². The summed E-state index contributed by atoms with van der Waals surface area (Å²) >= 11 is 0. The maximum atomic E-state index is 8.68. The molecule has 10 heavy (non-hydrogen) atoms. The predicted octanol–water partition coefficient (Wildman–Crippen LogP) is 2.69. The fraction of sp³-hybridized carbons (Fsp3) is 0.500. The molecule has 0 heterocycles. The highest BCUT2D eigenvalue weighted by atomic mass is 16.3. The molecule has 0 saturated carbocycles. The zero-order valence-corrected chi connectivity index (χ0v) is 6.25. The number of hydrogen-bond acceptors (Lipinski definition) is 2. The maximum absolute atomic E-state index is 8.68. The van der Waals surface area contributed by atoms with Crippen LogP contribution < -0.4 is 0 Å². The molecule has 0 aliphatic heterocycles. The second-order valence-corrected chi connectivity index (χ2v) is 2.10. The van der Waals surface area contributed by atoms with Crippen LogP contribution in [-0.2, 0) is 0 Å². The molecule has 0 aromatic heterocycles. The summed E-state index contributed by atoms with van der Waals surface area (Å²) in [4.78, 5) is 0. The molecule has 2 nitrogen and oxygen atoms in total. The van der Waals surface area contributed by atoms with Crippen LogP contribution in [-0.4, -0.2) is 10.2 Å². The molecule has 0 aliphatic carbocycles. The Bertz CT molecular complexity index is 125. The number of unbranched alkanes of at least 4 members (excludes halogenated alkanes) is 2. The predicted molar refractivity (Wildman–Crippen MR) is 42.0 cm³/mol. The third-order valence-corrected chi connectivity index (χ3v) is 1.15. The van der Waals surface area contributed by atoms with Gasteiger partial charge in [-0.05, 0) is 12.5 Å². The molecule has 0 spiro atoms. The van der Waals surface area contributed by atoms with Gasteiger partial charge in [-0.1, -0.05) is 25.8 Å². The van der Waals surface area contributed by atoms with Gasteiger partial charge in [0, 0.05) is 0 Å². The van der Waals surface area contributed by atoms with Crippen molar-refractivity contribution in [3.63, 3.8) is 0 Å². The van der Waals surface area contributed by atoms with E-state index in [1.807, 2.05) is 6.08 Å². The normalized spacial score (nSPS) is 12.7. The summed E-state index contributed by atoms with van der Waals surface area (Å²) in [7, 11) is 0. The fourth-order valence-corrected chi connectivity index (χ4v) is 0.569. The minimum atomic E-state index is -0.0869. The highest BCUT2D eigenvalue weighted by Crippen LogP contribution is 1.97. The van der Waals surface area contributed by atoms with Crippen molar-refractivity contribution >= 4 is 0 Å². The lowest BCUT2D eigenvalue weighted by Crippen LogP contribution is -1.73. The number of rotatable bonds is 4. The molecule has 0 fully saturated rings. The van der Waals surface area contributed by atoms with Gasteiger partial charge >= 0.3 is 0 Å². The number of hydrogen-bond donors (Lipinski definition) is 2. The number of allylic oxidation sites excluding steroid dienone is 2. The molecule has 0 aromatic rings. The molecule has 0 aromatic carbocycles. The average Bonchev–Trinajstić information content (AvgIpc) is 1.98. The quantitative estimate of drug-likeness (QED) is 0.360. The van der Waals surface area contributed by atoms with Crippen LogP contribution in [0.15, 0.2) is 24.2 Å². The highest BCUT2D eigenvalue weighted by molar-refractivity contribution is 5.06. The molecule has 2 heteroatoms. The average molecular weight is 142 g/mol. The van der Waals surface area contributed by atoms with Gasteiger partial charge in [-0.2, -0.15) is 0 Å². The maximum Gasteiger partial charge on any atom is 0.149 e. The van der Waals surface area contributed by atoms with E-state index >= 15 is 0 Å². The first kappa shape index (κ1) is 9.08. The van der Waals surface area contributed by atoms with E-state index in [1.54, 1.807) is 0 Å². The van der Waals surface area contributed by atoms with Crippen LogP contribution in [0.5, 0.6) is 0 Å². The van der Waals surface area contributed by atoms with Crippen LogP contribution in [0.3, 0.4) is 0 Å². The summed E-state index contributed by atoms with van der Waals surface area (Å²) in [6, 6.07) is 0. The standard InChI is InChI=1S/C8H14O2/c1-2-3-4-5-6-8(10)7-9/h5-7,9-10H,2-4H2,1H3. The number of aliphatic hydroxyl groups is 2. The van der Waals surface area contributed by atoms with Crippen molar-refractivity contribution in [1.82, 2.24) is 0 Å². The summed E-state index contributed by atoms with van der Waals surface area (Å²) in [5.41, 5.74) is 0. The molecule has 2 N–H and O–H groups in total. The van der Waals surface area contributed by atoms with Crippen molar-refractivity contribution in [2.24, 2.45) is 0 Å². The molecule has 0 atom stereocenters. The Hall–Kier alpha value is -0.920. The molecule has 0 aliphatic rings. The zero-order valence-electron chi connectivity index (χ0n) is 6.25. The van der Waals surface area contributed by atoms with Crippen molar-refractivity contribution in [3.05, 3.63) is 24.2 Å². The first-order chi connectivity index (χ1) is 4.81. The fourth-order valence-electron chi connectivity index (χ4n) is 0.569. The minimum Gasteiger partial charge on any atom is -0.512 e. The monoisotopic (exact) mass is 142 g/mol. The van der Waals surface area contributed by atoms with Gasteiger partial charge in [-0.3, -0.25) is 0 Å². The Kier molecular flexibility index (Phi) is 5.63. The van der Waals surface area contributed by atoms with Gasteiger partial charge in [0.2, 0.25) is 0 Å². The number of aliphatic hydroxyl groups excluding tert-OH is 2. The SMILES string of the molecule is CCCCC=CC(O)=CO. The Morgan fingerprint density at radius 2 is 2.20 bits per heavy atom. The molecule has 58 valence electrons. The van der Waals surface area contributed by atoms with E-state index in [4.69, 9.17) is 10.2 Å². The summed E-state index contributed by atoms with van der Waals surface area (Å²) in [6.07, 6.45) is 7.24. The van der Waals surface area contributed by atoms with Gasteiger partial charge < -0.3 is 10.2 Å². The van der Waals surface area contributed by atoms with E-state index in [9.17, 15) is 0 Å². The third kappa shape index (κ3) is 5.22. The summed E-state index contributed by atoms with van der Waals surface area (Å²) in [6.45, 7) is 2.11. The lowest BCUT2D eigenvalue weighted by atomic mass is 10.2. The van der Waals surface area contributed by atoms with Crippen LogP contribution >= 0.6 is 0 Å². The largest absolute Gasteiger partial charge is 0.512 e. The molecule has 0 radical (unpaired) electrons. The highest BCUT2D eigenvalue weighted by Gasteiger charge is 1.81. The van der Waals surface area contributed by atoms with E-state index in [2.05, 4.69) is 6.92 Å². The van der Waals surface area contributed by atoms with Crippen molar-refractivity contribution in [2.75, 3.05) is 0 Å². The van der Waals surface area contributed by atoms with Crippen LogP contribution in [0, 0.1) is 0 Å². The lowest BCUT2D eigenvalue weighted by Gasteiger charge is -1.88. The van der Waals surface area contributed by atoms with E-state index in [0.717, 1.165) is 19.3 Å². The Morgan fingerprint density at radius 1 is 1.50 bits per heavy atom. The van der Waals surface area contributed by atoms with Crippen molar-refractivity contribution in [3.8, 4) is 0 Å². The van der Waals surface area contributed by atoms with Crippen LogP contribution in [0.4, 0.5) is 0 Å². The first-order valence-corrected chi connectivity index (χ1v) is 3.51. The first-order valence-electron chi connectivity index (χ1n) is 3.51. The second kappa shape index (κ2) is 6.20. The molecular formula is C8H14O2. The van der Waals surface area contributed by atoms with E-state index in [1.165, 1.54) is 6.08 Å². The Labute approximate surface area is 61.5 Å². The second-order valence-electron chi connectivity index (χ2n) is 2.10. The summed E-state index contributed by atoms with van der Waals surface area (Å²) in [5, 5.41) is 16.9. The van der Waals surface area contributed by atoms with Gasteiger partial charge in [0.05, 0.1) is 0 Å². The molecule has 0 saturated heterocycles. The van der Waals surface area contributed by atoms with E-state index in [-0.39, 0.29) is 5.76 Å². The molecular weight excluding hydrogens is 128 g/mol. The smallest absolute Gasteiger partial charge is 0.149 e. The Balaban J connectivity index is 3.37. The van der Waals surface area contributed by atoms with Crippen molar-refractivity contribution < 1.29 is 10.2 Å². The van der Waals surface area contributed by atoms with Crippen LogP contribution in [0.1, 0.15) is 26.2 Å². The van der Waals surface area contributed by atoms with Crippen LogP contribution in [0.25, 0.3) is 0 Å². The lowest BCUT2D eigenvalue weighted by molar-refractivity contribution is 0.377. The summed E-state index contributed by atoms with van der Waals surface area (Å²) < 4.78 is 0. The zero-order chi connectivity index (χ0) is 7.82. The molecule has 0 unspecified atom stereocenters. The van der Waals surface area contributed by atoms with Crippen molar-refractivity contribution in [1.29, 1.82) is 0 Å². The van der Waals surface area contributed by atoms with Gasteiger partial charge in [-0.25, -0.2) is 0 Å². The van der Waals surface area contributed by atoms with Crippen molar-refractivity contribution in [2.45, 2.75) is 26.2 Å². The Morgan fingerprint density at radius 3 is 2.70 bits per heavy atom. The van der Waals surface area contributed by atoms with E-state index < -0.39 is 0 Å². The topological polar surface area (TPSA) is 40.5 Å². The van der Waals surface area contributed by atoms with Gasteiger partial charge in [0.25, 0.3) is 0 Å². The van der Waals surface area contributed by atoms with Gasteiger partial charge in [0.15, 0.2) is 0 Å². The third-order valence-electron chi connectivity index (χ3n) is 1.15. The van der Waals surface area contributed by atoms with E-state index in [0.29, 0.717) is 6.26 Å². The summed E-state index contributed by atoms with van der Waals surface area (Å²) in [5.74, 6) is -0.0869. The minimum absolute atomic E-state index is 0.0869. The van der Waals surface area contributed by atoms with Gasteiger partial charge in [0.1, 0.15) is 12.0 Å². The molecule has 0 amide bonds. The molecule has 0 rings (SSSR count). The van der Waals surface area contributed by atoms with Crippen LogP contribution in [0.2, 0.25) is 0 Å².